The molecular weight excluding hydrogens is 402 g/mol. The van der Waals surface area contributed by atoms with Crippen molar-refractivity contribution in [2.75, 3.05) is 17.2 Å². The van der Waals surface area contributed by atoms with Crippen LogP contribution in [0.2, 0.25) is 0 Å². The Kier molecular flexibility index (Phi) is 5.98. The van der Waals surface area contributed by atoms with Gasteiger partial charge < -0.3 is 10.6 Å². The van der Waals surface area contributed by atoms with Crippen molar-refractivity contribution < 1.29 is 4.79 Å². The summed E-state index contributed by atoms with van der Waals surface area (Å²) in [7, 11) is 0. The summed E-state index contributed by atoms with van der Waals surface area (Å²) in [5.41, 5.74) is 2.96. The van der Waals surface area contributed by atoms with Gasteiger partial charge in [-0.3, -0.25) is 14.2 Å². The molecule has 0 aliphatic rings. The van der Waals surface area contributed by atoms with E-state index in [1.54, 1.807) is 34.9 Å². The third-order valence-electron chi connectivity index (χ3n) is 5.03. The second kappa shape index (κ2) is 9.01. The number of fused-ring (bicyclic) bond motifs is 1. The van der Waals surface area contributed by atoms with Crippen LogP contribution in [0.4, 0.5) is 11.6 Å². The van der Waals surface area contributed by atoms with Crippen LogP contribution in [-0.2, 0) is 0 Å². The van der Waals surface area contributed by atoms with Gasteiger partial charge in [-0.2, -0.15) is 4.98 Å². The number of carbonyl (C=O) groups is 1. The largest absolute Gasteiger partial charge is 0.354 e. The van der Waals surface area contributed by atoms with Crippen LogP contribution in [0.3, 0.4) is 0 Å². The van der Waals surface area contributed by atoms with E-state index in [0.717, 1.165) is 23.3 Å². The van der Waals surface area contributed by atoms with Crippen LogP contribution in [0, 0.1) is 12.8 Å². The molecule has 0 saturated heterocycles. The zero-order valence-corrected chi connectivity index (χ0v) is 18.3. The predicted molar refractivity (Wildman–Crippen MR) is 128 cm³/mol. The van der Waals surface area contributed by atoms with Gasteiger partial charge in [0.05, 0.1) is 11.4 Å². The van der Waals surface area contributed by atoms with Gasteiger partial charge in [-0.15, -0.1) is 0 Å². The Morgan fingerprint density at radius 2 is 1.69 bits per heavy atom. The molecule has 2 N–H and O–H groups in total. The number of rotatable bonds is 6. The van der Waals surface area contributed by atoms with Crippen molar-refractivity contribution in [2.24, 2.45) is 5.92 Å². The summed E-state index contributed by atoms with van der Waals surface area (Å²) in [5, 5.41) is 6.89. The summed E-state index contributed by atoms with van der Waals surface area (Å²) in [6, 6.07) is 19.4. The van der Waals surface area contributed by atoms with Gasteiger partial charge in [0.15, 0.2) is 5.65 Å². The molecule has 2 aromatic carbocycles. The van der Waals surface area contributed by atoms with Gasteiger partial charge in [0.25, 0.3) is 11.5 Å². The Morgan fingerprint density at radius 3 is 2.38 bits per heavy atom. The standard InChI is InChI=1S/C25H25N5O2/c1-16(2)15-26-25-27-17(3)21-13-14-22(31)30(23(21)29-25)20-11-9-18(10-12-20)24(32)28-19-7-5-4-6-8-19/h4-14,16H,15H2,1-3H3,(H,28,32)(H,26,27,29). The van der Waals surface area contributed by atoms with Crippen LogP contribution < -0.4 is 16.2 Å². The average Bonchev–Trinajstić information content (AvgIpc) is 2.78. The molecule has 0 atom stereocenters. The van der Waals surface area contributed by atoms with Crippen LogP contribution in [-0.4, -0.2) is 27.0 Å². The first-order valence-electron chi connectivity index (χ1n) is 10.5. The normalized spacial score (nSPS) is 11.0. The predicted octanol–water partition coefficient (Wildman–Crippen LogP) is 4.41. The maximum atomic E-state index is 12.8. The van der Waals surface area contributed by atoms with E-state index in [4.69, 9.17) is 0 Å². The summed E-state index contributed by atoms with van der Waals surface area (Å²) >= 11 is 0. The number of aromatic nitrogens is 3. The average molecular weight is 428 g/mol. The van der Waals surface area contributed by atoms with Gasteiger partial charge in [0.2, 0.25) is 5.95 Å². The number of nitrogens with one attached hydrogen (secondary N) is 2. The third-order valence-corrected chi connectivity index (χ3v) is 5.03. The molecule has 0 fully saturated rings. The minimum Gasteiger partial charge on any atom is -0.354 e. The molecule has 32 heavy (non-hydrogen) atoms. The Labute approximate surface area is 186 Å². The molecule has 7 heteroatoms. The van der Waals surface area contributed by atoms with Gasteiger partial charge >= 0.3 is 0 Å². The lowest BCUT2D eigenvalue weighted by atomic mass is 10.1. The first-order valence-corrected chi connectivity index (χ1v) is 10.5. The van der Waals surface area contributed by atoms with Crippen molar-refractivity contribution in [1.29, 1.82) is 0 Å². The van der Waals surface area contributed by atoms with Crippen LogP contribution in [0.1, 0.15) is 29.9 Å². The molecule has 0 aliphatic carbocycles. The molecule has 0 spiro atoms. The van der Waals surface area contributed by atoms with Crippen LogP contribution in [0.5, 0.6) is 0 Å². The number of para-hydroxylation sites is 1. The highest BCUT2D eigenvalue weighted by molar-refractivity contribution is 6.04. The van der Waals surface area contributed by atoms with Crippen molar-refractivity contribution in [3.8, 4) is 5.69 Å². The summed E-state index contributed by atoms with van der Waals surface area (Å²) in [5.74, 6) is 0.704. The number of benzene rings is 2. The quantitative estimate of drug-likeness (QED) is 0.476. The molecule has 2 aromatic heterocycles. The zero-order chi connectivity index (χ0) is 22.7. The Balaban J connectivity index is 1.70. The van der Waals surface area contributed by atoms with Gasteiger partial charge in [-0.1, -0.05) is 32.0 Å². The summed E-state index contributed by atoms with van der Waals surface area (Å²) in [6.45, 7) is 6.84. The topological polar surface area (TPSA) is 88.9 Å². The van der Waals surface area contributed by atoms with E-state index in [-0.39, 0.29) is 11.5 Å². The number of pyridine rings is 1. The molecule has 0 radical (unpaired) electrons. The van der Waals surface area contributed by atoms with E-state index in [9.17, 15) is 9.59 Å². The second-order valence-electron chi connectivity index (χ2n) is 8.02. The van der Waals surface area contributed by atoms with Crippen molar-refractivity contribution in [1.82, 2.24) is 14.5 Å². The van der Waals surface area contributed by atoms with Crippen LogP contribution in [0.15, 0.2) is 71.5 Å². The summed E-state index contributed by atoms with van der Waals surface area (Å²) < 4.78 is 1.55. The van der Waals surface area contributed by atoms with E-state index in [1.807, 2.05) is 37.3 Å². The molecule has 4 aromatic rings. The number of anilines is 2. The fraction of sp³-hybridized carbons (Fsp3) is 0.200. The van der Waals surface area contributed by atoms with Crippen molar-refractivity contribution in [2.45, 2.75) is 20.8 Å². The molecule has 7 nitrogen and oxygen atoms in total. The third kappa shape index (κ3) is 4.51. The highest BCUT2D eigenvalue weighted by atomic mass is 16.1. The monoisotopic (exact) mass is 427 g/mol. The van der Waals surface area contributed by atoms with E-state index < -0.39 is 0 Å². The molecule has 0 aliphatic heterocycles. The molecule has 0 saturated carbocycles. The number of hydrogen-bond acceptors (Lipinski definition) is 5. The van der Waals surface area contributed by atoms with Crippen LogP contribution in [0.25, 0.3) is 16.7 Å². The van der Waals surface area contributed by atoms with Crippen molar-refractivity contribution >= 4 is 28.6 Å². The molecular formula is C25H25N5O2. The number of carbonyl (C=O) groups excluding carboxylic acids is 1. The fourth-order valence-corrected chi connectivity index (χ4v) is 3.38. The highest BCUT2D eigenvalue weighted by Crippen LogP contribution is 2.20. The maximum absolute atomic E-state index is 12.8. The number of nitrogens with zero attached hydrogens (tertiary/aromatic N) is 3. The smallest absolute Gasteiger partial charge is 0.256 e. The highest BCUT2D eigenvalue weighted by Gasteiger charge is 2.13. The first-order chi connectivity index (χ1) is 15.4. The Hall–Kier alpha value is -4.00. The minimum atomic E-state index is -0.216. The second-order valence-corrected chi connectivity index (χ2v) is 8.02. The molecule has 0 bridgehead atoms. The lowest BCUT2D eigenvalue weighted by molar-refractivity contribution is 0.102. The van der Waals surface area contributed by atoms with E-state index in [1.165, 1.54) is 6.07 Å². The molecule has 0 unspecified atom stereocenters. The zero-order valence-electron chi connectivity index (χ0n) is 18.3. The van der Waals surface area contributed by atoms with E-state index in [0.29, 0.717) is 28.8 Å². The number of amides is 1. The van der Waals surface area contributed by atoms with E-state index in [2.05, 4.69) is 34.4 Å². The van der Waals surface area contributed by atoms with Gasteiger partial charge in [0.1, 0.15) is 0 Å². The first kappa shape index (κ1) is 21.2. The molecule has 1 amide bonds. The fourth-order valence-electron chi connectivity index (χ4n) is 3.38. The Bertz CT molecular complexity index is 1310. The SMILES string of the molecule is Cc1nc(NCC(C)C)nc2c1ccc(=O)n2-c1ccc(C(=O)Nc2ccccc2)cc1. The molecule has 4 rings (SSSR count). The molecule has 2 heterocycles. The van der Waals surface area contributed by atoms with Gasteiger partial charge in [-0.25, -0.2) is 4.98 Å². The van der Waals surface area contributed by atoms with Crippen LogP contribution >= 0.6 is 0 Å². The molecule has 162 valence electrons. The maximum Gasteiger partial charge on any atom is 0.256 e. The Morgan fingerprint density at radius 1 is 0.969 bits per heavy atom. The lowest BCUT2D eigenvalue weighted by Gasteiger charge is -2.14. The van der Waals surface area contributed by atoms with Crippen molar-refractivity contribution in [3.05, 3.63) is 88.3 Å². The van der Waals surface area contributed by atoms with Gasteiger partial charge in [-0.05, 0) is 55.3 Å². The van der Waals surface area contributed by atoms with Gasteiger partial charge in [0, 0.05) is 29.2 Å². The minimum absolute atomic E-state index is 0.202. The number of aryl methyl sites for hydroxylation is 1. The summed E-state index contributed by atoms with van der Waals surface area (Å²) in [4.78, 5) is 34.5. The number of hydrogen-bond donors (Lipinski definition) is 2. The van der Waals surface area contributed by atoms with Crippen molar-refractivity contribution in [3.63, 3.8) is 0 Å². The van der Waals surface area contributed by atoms with E-state index >= 15 is 0 Å². The lowest BCUT2D eigenvalue weighted by Crippen LogP contribution is -2.20. The summed E-state index contributed by atoms with van der Waals surface area (Å²) in [6.07, 6.45) is 0.